The second-order valence-corrected chi connectivity index (χ2v) is 39.2. The maximum Gasteiger partial charge on any atom is 0.364 e. The lowest BCUT2D eigenvalue weighted by molar-refractivity contribution is -0.404. The van der Waals surface area contributed by atoms with Crippen LogP contribution in [0.2, 0.25) is 0 Å². The molecule has 6 aliphatic rings. The number of ether oxygens (including phenoxy) is 12. The largest absolute Gasteiger partial charge is 0.477 e. The van der Waals surface area contributed by atoms with Crippen molar-refractivity contribution in [2.24, 2.45) is 5.92 Å². The first-order valence-corrected chi connectivity index (χ1v) is 51.6. The predicted molar refractivity (Wildman–Crippen MR) is 502 cm³/mol. The standard InChI is InChI=1S/C97H170N4O42/c1-7-9-11-13-15-17-19-21-22-23-24-25-26-27-28-29-31-33-35-37-39-41-43-71(117)101-60(61(112)42-40-38-36-34-32-30-20-18-16-14-12-10-8-2)54-132-90-81(124)80(123)83(69(52-106)134-90)136-91-82(125)88(84(70(53-107)135-91)137-89-59(44-55(3)108)75(118)77(120)66(49-103)133-89)143-97(94(130)131)47-64(115)74(100-58(6)111)87(142-97)79(122)68(51-105)139-96(93(128)129)46-63(114)73(99-57(5)110)86(141-96)78(121)67(50-104)138-95(92(126)127)45-62(113)72(98-56(4)109)85(140-95)76(119)65(116)48-102/h40,42,59-70,72-91,102-107,112-116,118-125H,7-39,41,43-54H2,1-6H3,(H,98,109)(H,99,110)(H,100,111)(H,101,117)(H,126,127)(H,128,129)(H,130,131)/b42-40-/t59-,60+,61-,62+,63+,64+,65-,66-,67-,68-,69-,70-,72-,73-,74-,75-,76-,77+,78-,79-,80-,81-,82-,83-,84+,85?,86?,87?,88-,89+,90-,91+,95-,96-,97+/m1/s1. The van der Waals surface area contributed by atoms with Crippen LogP contribution in [-0.4, -0.2) is 413 Å². The van der Waals surface area contributed by atoms with Crippen LogP contribution in [-0.2, 0) is 95.2 Å². The maximum absolute atomic E-state index is 14.5. The molecular weight excluding hydrogens is 1890 g/mol. The second-order valence-electron chi connectivity index (χ2n) is 39.2. The van der Waals surface area contributed by atoms with Crippen molar-refractivity contribution in [3.8, 4) is 0 Å². The van der Waals surface area contributed by atoms with E-state index in [1.165, 1.54) is 147 Å². The summed E-state index contributed by atoms with van der Waals surface area (Å²) in [5.41, 5.74) is 0. The van der Waals surface area contributed by atoms with Gasteiger partial charge in [0.15, 0.2) is 18.9 Å². The first-order valence-electron chi connectivity index (χ1n) is 51.6. The molecule has 830 valence electrons. The fraction of sp³-hybridized carbons (Fsp3) is 0.897. The van der Waals surface area contributed by atoms with E-state index in [-0.39, 0.29) is 6.42 Å². The Hall–Kier alpha value is -5.54. The molecule has 26 N–H and O–H groups in total. The van der Waals surface area contributed by atoms with Gasteiger partial charge in [0.05, 0.1) is 101 Å². The number of ketones is 1. The van der Waals surface area contributed by atoms with Gasteiger partial charge in [0.2, 0.25) is 23.6 Å². The van der Waals surface area contributed by atoms with E-state index in [0.29, 0.717) is 12.8 Å². The molecule has 0 aromatic rings. The van der Waals surface area contributed by atoms with Gasteiger partial charge in [-0.2, -0.15) is 0 Å². The lowest BCUT2D eigenvalue weighted by atomic mass is 9.86. The number of hydrogen-bond acceptors (Lipinski definition) is 39. The summed E-state index contributed by atoms with van der Waals surface area (Å²) >= 11 is 0. The summed E-state index contributed by atoms with van der Waals surface area (Å²) in [6, 6.07) is -7.29. The topological polar surface area (TPSA) is 741 Å². The Morgan fingerprint density at radius 1 is 0.399 bits per heavy atom. The predicted octanol–water partition coefficient (Wildman–Crippen LogP) is -0.698. The molecule has 35 atom stereocenters. The lowest BCUT2D eigenvalue weighted by Crippen LogP contribution is -2.72. The summed E-state index contributed by atoms with van der Waals surface area (Å²) in [5, 5.41) is 262. The van der Waals surface area contributed by atoms with Crippen molar-refractivity contribution in [2.45, 2.75) is 499 Å². The molecule has 0 aromatic heterocycles. The van der Waals surface area contributed by atoms with E-state index in [1.807, 2.05) is 0 Å². The minimum atomic E-state index is -3.71. The van der Waals surface area contributed by atoms with E-state index in [2.05, 4.69) is 35.1 Å². The number of carboxylic acids is 3. The number of Topliss-reactive ketones (excluding diaryl/α,β-unsaturated/α-hetero) is 1. The van der Waals surface area contributed by atoms with Crippen molar-refractivity contribution in [2.75, 3.05) is 46.2 Å². The molecule has 46 heteroatoms. The van der Waals surface area contributed by atoms with E-state index in [9.17, 15) is 151 Å². The third-order valence-electron chi connectivity index (χ3n) is 27.5. The Balaban J connectivity index is 1.27. The number of nitrogens with one attached hydrogen (secondary N) is 4. The van der Waals surface area contributed by atoms with Crippen LogP contribution >= 0.6 is 0 Å². The average Bonchev–Trinajstić information content (AvgIpc) is 0.745. The van der Waals surface area contributed by atoms with E-state index in [1.54, 1.807) is 6.08 Å². The van der Waals surface area contributed by atoms with Crippen LogP contribution in [0.25, 0.3) is 0 Å². The highest BCUT2D eigenvalue weighted by molar-refractivity contribution is 5.79. The normalized spacial score (nSPS) is 32.9. The Morgan fingerprint density at radius 2 is 0.762 bits per heavy atom. The zero-order valence-corrected chi connectivity index (χ0v) is 83.7. The Kier molecular flexibility index (Phi) is 57.2. The summed E-state index contributed by atoms with van der Waals surface area (Å²) < 4.78 is 72.1. The highest BCUT2D eigenvalue weighted by Crippen LogP contribution is 2.45. The van der Waals surface area contributed by atoms with E-state index in [4.69, 9.17) is 56.8 Å². The third kappa shape index (κ3) is 38.4. The van der Waals surface area contributed by atoms with Gasteiger partial charge in [0, 0.05) is 58.8 Å². The number of allylic oxidation sites excluding steroid dienone is 1. The van der Waals surface area contributed by atoms with Gasteiger partial charge in [0.1, 0.15) is 122 Å². The number of carbonyl (C=O) groups excluding carboxylic acids is 5. The molecular formula is C97H170N4O42. The first-order chi connectivity index (χ1) is 68.1. The van der Waals surface area contributed by atoms with Crippen molar-refractivity contribution in [3.05, 3.63) is 12.2 Å². The zero-order valence-electron chi connectivity index (χ0n) is 83.7. The molecule has 6 heterocycles. The third-order valence-corrected chi connectivity index (χ3v) is 27.5. The maximum atomic E-state index is 14.5. The average molecular weight is 2060 g/mol. The fourth-order valence-corrected chi connectivity index (χ4v) is 19.5. The van der Waals surface area contributed by atoms with Crippen LogP contribution in [0.4, 0.5) is 0 Å². The minimum absolute atomic E-state index is 0.0837. The number of carbonyl (C=O) groups is 8. The number of unbranched alkanes of at least 4 members (excludes halogenated alkanes) is 32. The van der Waals surface area contributed by atoms with Crippen LogP contribution in [0.5, 0.6) is 0 Å². The van der Waals surface area contributed by atoms with Crippen molar-refractivity contribution in [1.82, 2.24) is 21.3 Å². The molecule has 143 heavy (non-hydrogen) atoms. The number of rotatable bonds is 71. The Bertz CT molecular complexity index is 3700. The van der Waals surface area contributed by atoms with Gasteiger partial charge < -0.3 is 195 Å². The fourth-order valence-electron chi connectivity index (χ4n) is 19.5. The summed E-state index contributed by atoms with van der Waals surface area (Å²) in [7, 11) is 0. The molecule has 6 aliphatic heterocycles. The molecule has 0 aliphatic carbocycles. The first kappa shape index (κ1) is 126. The van der Waals surface area contributed by atoms with Crippen LogP contribution in [0.15, 0.2) is 12.2 Å². The molecule has 0 radical (unpaired) electrons. The molecule has 0 spiro atoms. The van der Waals surface area contributed by atoms with Crippen molar-refractivity contribution >= 4 is 47.3 Å². The summed E-state index contributed by atoms with van der Waals surface area (Å²) in [6.07, 6.45) is -24.5. The van der Waals surface area contributed by atoms with Crippen LogP contribution in [0.3, 0.4) is 0 Å². The number of aliphatic carboxylic acids is 3. The summed E-state index contributed by atoms with van der Waals surface area (Å²) in [4.78, 5) is 107. The number of aliphatic hydroxyl groups excluding tert-OH is 19. The number of aliphatic hydroxyl groups is 19. The molecule has 6 fully saturated rings. The zero-order chi connectivity index (χ0) is 106. The molecule has 0 aromatic carbocycles. The van der Waals surface area contributed by atoms with Gasteiger partial charge in [-0.05, 0) is 26.2 Å². The van der Waals surface area contributed by atoms with E-state index >= 15 is 0 Å². The smallest absolute Gasteiger partial charge is 0.364 e. The minimum Gasteiger partial charge on any atom is -0.477 e. The highest BCUT2D eigenvalue weighted by Gasteiger charge is 2.65. The summed E-state index contributed by atoms with van der Waals surface area (Å²) in [6.45, 7) is -0.552. The number of amides is 4. The molecule has 0 bridgehead atoms. The molecule has 0 saturated carbocycles. The quantitative estimate of drug-likeness (QED) is 0.0264. The van der Waals surface area contributed by atoms with Crippen molar-refractivity contribution < 1.29 is 208 Å². The Morgan fingerprint density at radius 3 is 1.15 bits per heavy atom. The van der Waals surface area contributed by atoms with Gasteiger partial charge in [-0.1, -0.05) is 225 Å². The van der Waals surface area contributed by atoms with Crippen LogP contribution in [0.1, 0.15) is 292 Å². The van der Waals surface area contributed by atoms with E-state index in [0.717, 1.165) is 91.9 Å². The second kappa shape index (κ2) is 64.9. The van der Waals surface area contributed by atoms with Crippen molar-refractivity contribution in [3.63, 3.8) is 0 Å². The molecule has 6 saturated heterocycles. The molecule has 4 amide bonds. The monoisotopic (exact) mass is 2060 g/mol. The van der Waals surface area contributed by atoms with Crippen LogP contribution < -0.4 is 21.3 Å². The molecule has 3 unspecified atom stereocenters. The van der Waals surface area contributed by atoms with Gasteiger partial charge in [-0.25, -0.2) is 14.4 Å². The SMILES string of the molecule is CCCCCCCCCCCCC/C=C\[C@@H](O)[C@H](CO[C@@H]1O[C@H](CO)[C@@H](O[C@@H]2O[C@H](CO)[C@H](O[C@@H]3O[C@H](CO)[C@H](O)[C@H](O)[C@H]3CC(C)=O)[C@H](O[C@]3(C(=O)O)C[C@H](O)[C@@H](NC(C)=O)C([C@H](O)[C@@H](CO)O[C@]4(C(=O)O)C[C@H](O)[C@@H](NC(C)=O)C([C@H](O)[C@@H](CO)O[C@]5(C(=O)O)C[C@H](O)[C@@H](NC(C)=O)C([C@H](O)[C@H](O)CO)O5)O4)O3)[C@H]2O)[C@H](O)[C@H]1O)NC(=O)CCCCCCCCCCCCCCCCCCCCCCCC. The molecule has 46 nitrogen and oxygen atoms in total. The van der Waals surface area contributed by atoms with Crippen molar-refractivity contribution in [1.29, 1.82) is 0 Å². The van der Waals surface area contributed by atoms with Gasteiger partial charge in [-0.3, -0.25) is 19.2 Å². The molecule has 6 rings (SSSR count). The summed E-state index contributed by atoms with van der Waals surface area (Å²) in [5.74, 6) is -23.6. The highest BCUT2D eigenvalue weighted by atomic mass is 16.8. The number of carboxylic acid groups (broad SMARTS) is 3. The van der Waals surface area contributed by atoms with Gasteiger partial charge in [0.25, 0.3) is 17.4 Å². The Labute approximate surface area is 835 Å². The van der Waals surface area contributed by atoms with Crippen LogP contribution in [0, 0.1) is 5.92 Å². The van der Waals surface area contributed by atoms with E-state index < -0.39 is 332 Å². The lowest BCUT2D eigenvalue weighted by Gasteiger charge is -2.53. The van der Waals surface area contributed by atoms with Gasteiger partial charge >= 0.3 is 17.9 Å². The van der Waals surface area contributed by atoms with Gasteiger partial charge in [-0.15, -0.1) is 0 Å². The number of hydrogen-bond donors (Lipinski definition) is 26.